The monoisotopic (exact) mass is 159 g/mol. The molecule has 0 saturated carbocycles. The van der Waals surface area contributed by atoms with Crippen molar-refractivity contribution in [1.82, 2.24) is 0 Å². The minimum Gasteiger partial charge on any atom is -0.115 e. The van der Waals surface area contributed by atoms with Crippen molar-refractivity contribution >= 4 is 29.6 Å². The fourth-order valence-electron chi connectivity index (χ4n) is 1.35. The molecule has 0 aliphatic heterocycles. The predicted octanol–water partition coefficient (Wildman–Crippen LogP) is 2.44. The van der Waals surface area contributed by atoms with Gasteiger partial charge in [-0.25, -0.2) is 0 Å². The smallest absolute Gasteiger partial charge is 0.0321 e. The molecule has 57 valence electrons. The average molecular weight is 159 g/mol. The van der Waals surface area contributed by atoms with Crippen LogP contribution < -0.4 is 0 Å². The molecule has 0 aliphatic carbocycles. The van der Waals surface area contributed by atoms with Gasteiger partial charge in [-0.1, -0.05) is 42.3 Å². The SMILES string of the molecule is C#Cc1cccc2ccccc12.[Li]. The summed E-state index contributed by atoms with van der Waals surface area (Å²) >= 11 is 0. The molecular formula is C12H8Li. The summed E-state index contributed by atoms with van der Waals surface area (Å²) in [6, 6.07) is 14.1. The van der Waals surface area contributed by atoms with Crippen molar-refractivity contribution in [1.29, 1.82) is 0 Å². The summed E-state index contributed by atoms with van der Waals surface area (Å²) in [5.41, 5.74) is 0.966. The molecular weight excluding hydrogens is 151 g/mol. The summed E-state index contributed by atoms with van der Waals surface area (Å²) in [5.74, 6) is 2.67. The molecule has 1 radical (unpaired) electrons. The van der Waals surface area contributed by atoms with Gasteiger partial charge in [0.05, 0.1) is 0 Å². The Morgan fingerprint density at radius 1 is 0.923 bits per heavy atom. The van der Waals surface area contributed by atoms with Crippen LogP contribution in [0.1, 0.15) is 5.56 Å². The Labute approximate surface area is 90.1 Å². The van der Waals surface area contributed by atoms with Gasteiger partial charge >= 0.3 is 0 Å². The van der Waals surface area contributed by atoms with E-state index >= 15 is 0 Å². The average Bonchev–Trinajstić information content (AvgIpc) is 2.17. The van der Waals surface area contributed by atoms with E-state index in [0.717, 1.165) is 10.9 Å². The van der Waals surface area contributed by atoms with Crippen LogP contribution in [0, 0.1) is 12.3 Å². The number of benzene rings is 2. The van der Waals surface area contributed by atoms with Crippen LogP contribution in [-0.4, -0.2) is 18.9 Å². The van der Waals surface area contributed by atoms with Gasteiger partial charge in [0.1, 0.15) is 0 Å². The molecule has 0 heterocycles. The fourth-order valence-corrected chi connectivity index (χ4v) is 1.35. The molecule has 0 amide bonds. The maximum absolute atomic E-state index is 5.37. The predicted molar refractivity (Wildman–Crippen MR) is 57.6 cm³/mol. The van der Waals surface area contributed by atoms with E-state index in [4.69, 9.17) is 6.42 Å². The van der Waals surface area contributed by atoms with Crippen LogP contribution in [0.25, 0.3) is 10.8 Å². The molecule has 2 aromatic rings. The normalized spacial score (nSPS) is 8.85. The number of fused-ring (bicyclic) bond motifs is 1. The van der Waals surface area contributed by atoms with E-state index in [0.29, 0.717) is 0 Å². The zero-order chi connectivity index (χ0) is 8.39. The second-order valence-electron chi connectivity index (χ2n) is 2.67. The Balaban J connectivity index is 0.000000845. The van der Waals surface area contributed by atoms with Crippen molar-refractivity contribution in [2.45, 2.75) is 0 Å². The Bertz CT molecular complexity index is 447. The van der Waals surface area contributed by atoms with Gasteiger partial charge in [0.15, 0.2) is 0 Å². The van der Waals surface area contributed by atoms with Crippen LogP contribution in [0.4, 0.5) is 0 Å². The number of rotatable bonds is 0. The molecule has 0 fully saturated rings. The standard InChI is InChI=1S/C12H8.Li/c1-2-10-7-5-8-11-6-3-4-9-12(10)11;/h1,3-9H;. The molecule has 0 bridgehead atoms. The molecule has 0 spiro atoms. The number of hydrogen-bond acceptors (Lipinski definition) is 0. The fraction of sp³-hybridized carbons (Fsp3) is 0. The summed E-state index contributed by atoms with van der Waals surface area (Å²) in [6.07, 6.45) is 5.37. The van der Waals surface area contributed by atoms with Crippen LogP contribution in [0.15, 0.2) is 42.5 Å². The van der Waals surface area contributed by atoms with E-state index in [2.05, 4.69) is 18.1 Å². The second-order valence-corrected chi connectivity index (χ2v) is 2.67. The first-order valence-electron chi connectivity index (χ1n) is 3.86. The van der Waals surface area contributed by atoms with Crippen molar-refractivity contribution in [2.24, 2.45) is 0 Å². The molecule has 0 atom stereocenters. The Morgan fingerprint density at radius 3 is 2.38 bits per heavy atom. The van der Waals surface area contributed by atoms with Crippen LogP contribution >= 0.6 is 0 Å². The van der Waals surface area contributed by atoms with Gasteiger partial charge in [-0.05, 0) is 16.8 Å². The van der Waals surface area contributed by atoms with Gasteiger partial charge in [-0.3, -0.25) is 0 Å². The zero-order valence-corrected chi connectivity index (χ0v) is 7.62. The third kappa shape index (κ3) is 1.78. The van der Waals surface area contributed by atoms with E-state index in [-0.39, 0.29) is 18.9 Å². The number of terminal acetylenes is 1. The molecule has 2 aromatic carbocycles. The van der Waals surface area contributed by atoms with E-state index in [1.165, 1.54) is 5.39 Å². The summed E-state index contributed by atoms with van der Waals surface area (Å²) < 4.78 is 0. The first kappa shape index (κ1) is 9.94. The van der Waals surface area contributed by atoms with Crippen molar-refractivity contribution in [3.63, 3.8) is 0 Å². The summed E-state index contributed by atoms with van der Waals surface area (Å²) in [6.45, 7) is 0. The summed E-state index contributed by atoms with van der Waals surface area (Å²) in [7, 11) is 0. The maximum atomic E-state index is 5.37. The topological polar surface area (TPSA) is 0 Å². The third-order valence-electron chi connectivity index (χ3n) is 1.95. The van der Waals surface area contributed by atoms with Gasteiger partial charge in [-0.15, -0.1) is 6.42 Å². The molecule has 2 rings (SSSR count). The molecule has 0 N–H and O–H groups in total. The summed E-state index contributed by atoms with van der Waals surface area (Å²) in [5, 5.41) is 2.36. The van der Waals surface area contributed by atoms with Crippen LogP contribution in [0.2, 0.25) is 0 Å². The van der Waals surface area contributed by atoms with Crippen LogP contribution in [-0.2, 0) is 0 Å². The molecule has 0 aliphatic rings. The second kappa shape index (κ2) is 4.20. The van der Waals surface area contributed by atoms with Crippen molar-refractivity contribution < 1.29 is 0 Å². The molecule has 13 heavy (non-hydrogen) atoms. The van der Waals surface area contributed by atoms with Crippen molar-refractivity contribution in [3.05, 3.63) is 48.0 Å². The maximum Gasteiger partial charge on any atom is 0.0321 e. The minimum atomic E-state index is 0. The van der Waals surface area contributed by atoms with Gasteiger partial charge in [0, 0.05) is 24.4 Å². The van der Waals surface area contributed by atoms with E-state index < -0.39 is 0 Å². The van der Waals surface area contributed by atoms with Crippen molar-refractivity contribution in [2.75, 3.05) is 0 Å². The molecule has 0 nitrogen and oxygen atoms in total. The van der Waals surface area contributed by atoms with Gasteiger partial charge in [0.2, 0.25) is 0 Å². The minimum absolute atomic E-state index is 0. The first-order chi connectivity index (χ1) is 5.92. The van der Waals surface area contributed by atoms with Gasteiger partial charge in [0.25, 0.3) is 0 Å². The van der Waals surface area contributed by atoms with E-state index in [1.807, 2.05) is 30.3 Å². The van der Waals surface area contributed by atoms with Crippen LogP contribution in [0.3, 0.4) is 0 Å². The molecule has 0 aromatic heterocycles. The van der Waals surface area contributed by atoms with Gasteiger partial charge in [-0.2, -0.15) is 0 Å². The Morgan fingerprint density at radius 2 is 1.62 bits per heavy atom. The van der Waals surface area contributed by atoms with Crippen LogP contribution in [0.5, 0.6) is 0 Å². The summed E-state index contributed by atoms with van der Waals surface area (Å²) in [4.78, 5) is 0. The van der Waals surface area contributed by atoms with E-state index in [9.17, 15) is 0 Å². The Kier molecular flexibility index (Phi) is 3.21. The first-order valence-corrected chi connectivity index (χ1v) is 3.86. The largest absolute Gasteiger partial charge is 0.115 e. The molecule has 0 saturated heterocycles. The van der Waals surface area contributed by atoms with E-state index in [1.54, 1.807) is 0 Å². The quantitative estimate of drug-likeness (QED) is 0.409. The molecule has 1 heteroatoms. The van der Waals surface area contributed by atoms with Crippen molar-refractivity contribution in [3.8, 4) is 12.3 Å². The molecule has 0 unspecified atom stereocenters. The Hall–Kier alpha value is -1.14. The van der Waals surface area contributed by atoms with Gasteiger partial charge < -0.3 is 0 Å². The number of hydrogen-bond donors (Lipinski definition) is 0. The third-order valence-corrected chi connectivity index (χ3v) is 1.95. The zero-order valence-electron chi connectivity index (χ0n) is 7.62.